The minimum absolute atomic E-state index is 0.255. The summed E-state index contributed by atoms with van der Waals surface area (Å²) in [6.45, 7) is 3.13. The molecule has 2 N–H and O–H groups in total. The minimum Gasteiger partial charge on any atom is -0.336 e. The summed E-state index contributed by atoms with van der Waals surface area (Å²) in [4.78, 5) is 16.4. The fourth-order valence-electron chi connectivity index (χ4n) is 2.50. The van der Waals surface area contributed by atoms with Gasteiger partial charge in [-0.15, -0.1) is 0 Å². The molecule has 0 saturated heterocycles. The molecule has 0 radical (unpaired) electrons. The molecule has 0 unspecified atom stereocenters. The molecule has 0 aliphatic rings. The number of nitrogens with one attached hydrogen (secondary N) is 2. The largest absolute Gasteiger partial charge is 0.336 e. The van der Waals surface area contributed by atoms with E-state index in [1.165, 1.54) is 0 Å². The van der Waals surface area contributed by atoms with Crippen molar-refractivity contribution < 1.29 is 4.79 Å². The second-order valence-electron chi connectivity index (χ2n) is 5.19. The first-order chi connectivity index (χ1) is 11.1. The van der Waals surface area contributed by atoms with Crippen LogP contribution in [-0.4, -0.2) is 22.1 Å². The van der Waals surface area contributed by atoms with Gasteiger partial charge in [0.1, 0.15) is 5.82 Å². The average Bonchev–Trinajstić information content (AvgIpc) is 2.83. The Balaban J connectivity index is 1.58. The van der Waals surface area contributed by atoms with Gasteiger partial charge in [0.2, 0.25) is 0 Å². The lowest BCUT2D eigenvalue weighted by Crippen LogP contribution is -2.31. The maximum absolute atomic E-state index is 11.9. The van der Waals surface area contributed by atoms with Crippen LogP contribution in [0.3, 0.4) is 0 Å². The Bertz CT molecular complexity index is 843. The Kier molecular flexibility index (Phi) is 4.48. The lowest BCUT2D eigenvalue weighted by molar-refractivity contribution is 0.251. The van der Waals surface area contributed by atoms with Gasteiger partial charge in [0.25, 0.3) is 0 Å². The summed E-state index contributed by atoms with van der Waals surface area (Å²) in [7, 11) is 0. The highest BCUT2D eigenvalue weighted by atomic mass is 35.5. The van der Waals surface area contributed by atoms with Gasteiger partial charge in [-0.2, -0.15) is 0 Å². The monoisotopic (exact) mass is 328 g/mol. The smallest absolute Gasteiger partial charge is 0.319 e. The number of fused-ring (bicyclic) bond motifs is 1. The van der Waals surface area contributed by atoms with E-state index < -0.39 is 0 Å². The number of halogens is 1. The molecule has 0 aliphatic heterocycles. The standard InChI is InChI=1S/C17H17ClN4O/c1-12-20-15-7-2-3-8-16(15)22(12)10-9-19-17(23)21-14-6-4-5-13(18)11-14/h2-8,11H,9-10H2,1H3,(H2,19,21,23). The minimum atomic E-state index is -0.255. The van der Waals surface area contributed by atoms with E-state index >= 15 is 0 Å². The molecule has 0 saturated carbocycles. The predicted molar refractivity (Wildman–Crippen MR) is 92.9 cm³/mol. The number of carbonyl (C=O) groups is 1. The molecule has 0 fully saturated rings. The third-order valence-electron chi connectivity index (χ3n) is 3.55. The van der Waals surface area contributed by atoms with Gasteiger partial charge in [0.15, 0.2) is 0 Å². The highest BCUT2D eigenvalue weighted by Crippen LogP contribution is 2.15. The summed E-state index contributed by atoms with van der Waals surface area (Å²) in [6, 6.07) is 14.8. The van der Waals surface area contributed by atoms with E-state index in [1.807, 2.05) is 31.2 Å². The number of hydrogen-bond donors (Lipinski definition) is 2. The molecule has 0 bridgehead atoms. The molecule has 5 nitrogen and oxygen atoms in total. The van der Waals surface area contributed by atoms with Crippen molar-refractivity contribution in [2.75, 3.05) is 11.9 Å². The van der Waals surface area contributed by atoms with Gasteiger partial charge in [-0.25, -0.2) is 9.78 Å². The first-order valence-corrected chi connectivity index (χ1v) is 7.73. The Labute approximate surface area is 139 Å². The maximum Gasteiger partial charge on any atom is 0.319 e. The Morgan fingerprint density at radius 2 is 2.04 bits per heavy atom. The predicted octanol–water partition coefficient (Wildman–Crippen LogP) is 3.82. The van der Waals surface area contributed by atoms with Crippen LogP contribution in [0.5, 0.6) is 0 Å². The van der Waals surface area contributed by atoms with E-state index in [0.29, 0.717) is 23.8 Å². The summed E-state index contributed by atoms with van der Waals surface area (Å²) in [6.07, 6.45) is 0. The highest BCUT2D eigenvalue weighted by molar-refractivity contribution is 6.30. The molecule has 3 aromatic rings. The van der Waals surface area contributed by atoms with Gasteiger partial charge in [-0.3, -0.25) is 0 Å². The van der Waals surface area contributed by atoms with Crippen LogP contribution < -0.4 is 10.6 Å². The van der Waals surface area contributed by atoms with Crippen LogP contribution in [0.15, 0.2) is 48.5 Å². The van der Waals surface area contributed by atoms with Gasteiger partial charge in [0.05, 0.1) is 11.0 Å². The van der Waals surface area contributed by atoms with E-state index in [2.05, 4.69) is 20.2 Å². The van der Waals surface area contributed by atoms with Crippen molar-refractivity contribution in [3.05, 3.63) is 59.4 Å². The van der Waals surface area contributed by atoms with Crippen molar-refractivity contribution in [3.8, 4) is 0 Å². The van der Waals surface area contributed by atoms with Crippen molar-refractivity contribution in [2.24, 2.45) is 0 Å². The molecule has 1 heterocycles. The highest BCUT2D eigenvalue weighted by Gasteiger charge is 2.07. The van der Waals surface area contributed by atoms with Crippen LogP contribution in [0.4, 0.5) is 10.5 Å². The van der Waals surface area contributed by atoms with Crippen molar-refractivity contribution in [1.29, 1.82) is 0 Å². The second kappa shape index (κ2) is 6.71. The molecule has 118 valence electrons. The SMILES string of the molecule is Cc1nc2ccccc2n1CCNC(=O)Nc1cccc(Cl)c1. The molecule has 3 rings (SSSR count). The van der Waals surface area contributed by atoms with Crippen molar-refractivity contribution >= 4 is 34.4 Å². The van der Waals surface area contributed by atoms with Crippen molar-refractivity contribution in [3.63, 3.8) is 0 Å². The fraction of sp³-hybridized carbons (Fsp3) is 0.176. The Hall–Kier alpha value is -2.53. The summed E-state index contributed by atoms with van der Waals surface area (Å²) < 4.78 is 2.09. The number of carbonyl (C=O) groups excluding carboxylic acids is 1. The summed E-state index contributed by atoms with van der Waals surface area (Å²) >= 11 is 5.89. The lowest BCUT2D eigenvalue weighted by atomic mass is 10.3. The maximum atomic E-state index is 11.9. The third kappa shape index (κ3) is 3.63. The molecule has 2 aromatic carbocycles. The van der Waals surface area contributed by atoms with Crippen LogP contribution >= 0.6 is 11.6 Å². The molecular weight excluding hydrogens is 312 g/mol. The zero-order valence-electron chi connectivity index (χ0n) is 12.7. The Morgan fingerprint density at radius 3 is 2.87 bits per heavy atom. The van der Waals surface area contributed by atoms with E-state index in [4.69, 9.17) is 11.6 Å². The number of anilines is 1. The Morgan fingerprint density at radius 1 is 1.22 bits per heavy atom. The molecule has 1 aromatic heterocycles. The zero-order chi connectivity index (χ0) is 16.2. The number of hydrogen-bond acceptors (Lipinski definition) is 2. The van der Waals surface area contributed by atoms with Crippen LogP contribution in [0, 0.1) is 6.92 Å². The van der Waals surface area contributed by atoms with Crippen LogP contribution in [0.2, 0.25) is 5.02 Å². The van der Waals surface area contributed by atoms with Gasteiger partial charge >= 0.3 is 6.03 Å². The molecular formula is C17H17ClN4O. The van der Waals surface area contributed by atoms with Crippen LogP contribution in [0.25, 0.3) is 11.0 Å². The van der Waals surface area contributed by atoms with E-state index in [0.717, 1.165) is 16.9 Å². The number of imidazole rings is 1. The quantitative estimate of drug-likeness (QED) is 0.765. The number of aryl methyl sites for hydroxylation is 1. The summed E-state index contributed by atoms with van der Waals surface area (Å²) in [5.74, 6) is 0.934. The molecule has 23 heavy (non-hydrogen) atoms. The fourth-order valence-corrected chi connectivity index (χ4v) is 2.69. The molecule has 0 aliphatic carbocycles. The van der Waals surface area contributed by atoms with Gasteiger partial charge in [-0.1, -0.05) is 29.8 Å². The van der Waals surface area contributed by atoms with E-state index in [9.17, 15) is 4.79 Å². The molecule has 0 atom stereocenters. The van der Waals surface area contributed by atoms with Crippen molar-refractivity contribution in [2.45, 2.75) is 13.5 Å². The first-order valence-electron chi connectivity index (χ1n) is 7.36. The number of rotatable bonds is 4. The van der Waals surface area contributed by atoms with Gasteiger partial charge < -0.3 is 15.2 Å². The second-order valence-corrected chi connectivity index (χ2v) is 5.63. The topological polar surface area (TPSA) is 59.0 Å². The zero-order valence-corrected chi connectivity index (χ0v) is 13.5. The van der Waals surface area contributed by atoms with Gasteiger partial charge in [0, 0.05) is 23.8 Å². The number of aromatic nitrogens is 2. The molecule has 6 heteroatoms. The summed E-state index contributed by atoms with van der Waals surface area (Å²) in [5.41, 5.74) is 2.70. The van der Waals surface area contributed by atoms with Gasteiger partial charge in [-0.05, 0) is 37.3 Å². The normalized spacial score (nSPS) is 10.7. The lowest BCUT2D eigenvalue weighted by Gasteiger charge is -2.10. The number of amides is 2. The van der Waals surface area contributed by atoms with Crippen LogP contribution in [-0.2, 0) is 6.54 Å². The average molecular weight is 329 g/mol. The van der Waals surface area contributed by atoms with E-state index in [1.54, 1.807) is 24.3 Å². The van der Waals surface area contributed by atoms with E-state index in [-0.39, 0.29) is 6.03 Å². The number of nitrogens with zero attached hydrogens (tertiary/aromatic N) is 2. The number of para-hydroxylation sites is 2. The molecule has 0 spiro atoms. The first kappa shape index (κ1) is 15.4. The number of benzene rings is 2. The third-order valence-corrected chi connectivity index (χ3v) is 3.78. The van der Waals surface area contributed by atoms with Crippen molar-refractivity contribution in [1.82, 2.24) is 14.9 Å². The van der Waals surface area contributed by atoms with Crippen LogP contribution in [0.1, 0.15) is 5.82 Å². The summed E-state index contributed by atoms with van der Waals surface area (Å²) in [5, 5.41) is 6.18. The molecule has 2 amide bonds. The number of urea groups is 1.